The summed E-state index contributed by atoms with van der Waals surface area (Å²) in [5.41, 5.74) is 2.63. The zero-order chi connectivity index (χ0) is 23.6. The Labute approximate surface area is 194 Å². The Morgan fingerprint density at radius 3 is 2.27 bits per heavy atom. The van der Waals surface area contributed by atoms with E-state index < -0.39 is 5.41 Å². The van der Waals surface area contributed by atoms with Gasteiger partial charge in [-0.25, -0.2) is 0 Å². The van der Waals surface area contributed by atoms with Gasteiger partial charge in [-0.2, -0.15) is 10.5 Å². The second kappa shape index (κ2) is 8.45. The van der Waals surface area contributed by atoms with E-state index in [-0.39, 0.29) is 24.5 Å². The molecule has 1 unspecified atom stereocenters. The molecule has 1 amide bonds. The number of nitrogens with zero attached hydrogens (tertiary/aromatic N) is 3. The van der Waals surface area contributed by atoms with E-state index in [9.17, 15) is 15.3 Å². The number of anilines is 1. The van der Waals surface area contributed by atoms with Gasteiger partial charge in [0.1, 0.15) is 23.8 Å². The van der Waals surface area contributed by atoms with Crippen LogP contribution in [0.1, 0.15) is 43.0 Å². The first-order chi connectivity index (χ1) is 15.9. The maximum atomic E-state index is 14.3. The molecule has 1 aliphatic heterocycles. The molecule has 33 heavy (non-hydrogen) atoms. The van der Waals surface area contributed by atoms with Crippen LogP contribution in [0.2, 0.25) is 0 Å². The lowest BCUT2D eigenvalue weighted by Gasteiger charge is -2.33. The van der Waals surface area contributed by atoms with Gasteiger partial charge >= 0.3 is 0 Å². The van der Waals surface area contributed by atoms with Crippen LogP contribution in [-0.2, 0) is 15.6 Å². The van der Waals surface area contributed by atoms with Crippen LogP contribution in [0.3, 0.4) is 0 Å². The van der Waals surface area contributed by atoms with Crippen molar-refractivity contribution in [2.24, 2.45) is 0 Å². The molecule has 0 spiro atoms. The molecule has 0 saturated heterocycles. The molecule has 0 N–H and O–H groups in total. The topological polar surface area (TPSA) is 77.1 Å². The highest BCUT2D eigenvalue weighted by atomic mass is 16.5. The quantitative estimate of drug-likeness (QED) is 0.523. The van der Waals surface area contributed by atoms with Crippen LogP contribution >= 0.6 is 0 Å². The summed E-state index contributed by atoms with van der Waals surface area (Å²) in [5, 5.41) is 18.7. The van der Waals surface area contributed by atoms with E-state index in [2.05, 4.69) is 26.8 Å². The van der Waals surface area contributed by atoms with Crippen molar-refractivity contribution in [1.29, 1.82) is 10.5 Å². The average Bonchev–Trinajstić information content (AvgIpc) is 3.06. The van der Waals surface area contributed by atoms with Gasteiger partial charge in [0.25, 0.3) is 0 Å². The molecule has 1 heterocycles. The lowest BCUT2D eigenvalue weighted by atomic mass is 9.68. The van der Waals surface area contributed by atoms with Crippen LogP contribution in [0.25, 0.3) is 0 Å². The maximum Gasteiger partial charge on any atom is 0.247 e. The molecule has 0 bridgehead atoms. The van der Waals surface area contributed by atoms with Crippen LogP contribution in [0.5, 0.6) is 5.75 Å². The summed E-state index contributed by atoms with van der Waals surface area (Å²) in [7, 11) is 0. The minimum absolute atomic E-state index is 0.0578. The van der Waals surface area contributed by atoms with Crippen LogP contribution in [0.4, 0.5) is 5.69 Å². The first-order valence-corrected chi connectivity index (χ1v) is 10.8. The minimum atomic E-state index is -1.21. The van der Waals surface area contributed by atoms with Gasteiger partial charge in [0, 0.05) is 16.8 Å². The van der Waals surface area contributed by atoms with Crippen molar-refractivity contribution in [3.8, 4) is 17.9 Å². The van der Waals surface area contributed by atoms with E-state index >= 15 is 0 Å². The third-order valence-electron chi connectivity index (χ3n) is 6.14. The van der Waals surface area contributed by atoms with Gasteiger partial charge in [-0.3, -0.25) is 9.69 Å². The largest absolute Gasteiger partial charge is 0.478 e. The maximum absolute atomic E-state index is 14.3. The van der Waals surface area contributed by atoms with Gasteiger partial charge in [0.15, 0.2) is 6.61 Å². The van der Waals surface area contributed by atoms with Crippen LogP contribution in [-0.4, -0.2) is 19.1 Å². The number of carbonyl (C=O) groups excluding carboxylic acids is 1. The standard InChI is InChI=1S/C28H25N3O2/c1-27(2,3)21-13-14-25(33-18-16-30)23(19-21)28(20-9-5-4-6-10-20)22-11-7-8-12-24(22)31(17-15-29)26(28)32/h4-14,19H,17-18H2,1-3H3. The fraction of sp³-hybridized carbons (Fsp3) is 0.250. The van der Waals surface area contributed by atoms with Gasteiger partial charge in [0.05, 0.1) is 6.07 Å². The molecule has 0 saturated carbocycles. The Morgan fingerprint density at radius 1 is 0.909 bits per heavy atom. The zero-order valence-corrected chi connectivity index (χ0v) is 19.0. The second-order valence-corrected chi connectivity index (χ2v) is 9.09. The van der Waals surface area contributed by atoms with Gasteiger partial charge < -0.3 is 4.74 Å². The lowest BCUT2D eigenvalue weighted by molar-refractivity contribution is -0.120. The van der Waals surface area contributed by atoms with Gasteiger partial charge in [-0.15, -0.1) is 0 Å². The molecule has 3 aromatic rings. The van der Waals surface area contributed by atoms with Crippen LogP contribution in [0.15, 0.2) is 72.8 Å². The number of benzene rings is 3. The predicted octanol–water partition coefficient (Wildman–Crippen LogP) is 5.09. The fourth-order valence-corrected chi connectivity index (χ4v) is 4.59. The summed E-state index contributed by atoms with van der Waals surface area (Å²) in [5.74, 6) is 0.277. The van der Waals surface area contributed by atoms with Crippen LogP contribution in [0, 0.1) is 22.7 Å². The Hall–Kier alpha value is -4.09. The molecule has 5 nitrogen and oxygen atoms in total. The monoisotopic (exact) mass is 435 g/mol. The molecule has 3 aromatic carbocycles. The number of carbonyl (C=O) groups is 1. The Morgan fingerprint density at radius 2 is 1.61 bits per heavy atom. The summed E-state index contributed by atoms with van der Waals surface area (Å²) in [6.07, 6.45) is 0. The highest BCUT2D eigenvalue weighted by Gasteiger charge is 2.54. The highest BCUT2D eigenvalue weighted by Crippen LogP contribution is 2.53. The van der Waals surface area contributed by atoms with Crippen molar-refractivity contribution in [3.05, 3.63) is 95.1 Å². The van der Waals surface area contributed by atoms with Crippen molar-refractivity contribution < 1.29 is 9.53 Å². The summed E-state index contributed by atoms with van der Waals surface area (Å²) < 4.78 is 5.87. The van der Waals surface area contributed by atoms with E-state index in [4.69, 9.17) is 4.74 Å². The predicted molar refractivity (Wildman–Crippen MR) is 127 cm³/mol. The Kier molecular flexibility index (Phi) is 5.66. The molecule has 1 atom stereocenters. The van der Waals surface area contributed by atoms with Gasteiger partial charge in [-0.1, -0.05) is 75.4 Å². The van der Waals surface area contributed by atoms with Gasteiger partial charge in [0.2, 0.25) is 5.91 Å². The number of nitriles is 2. The first-order valence-electron chi connectivity index (χ1n) is 10.8. The number of hydrogen-bond donors (Lipinski definition) is 0. The molecular weight excluding hydrogens is 410 g/mol. The molecule has 5 heteroatoms. The summed E-state index contributed by atoms with van der Waals surface area (Å²) in [4.78, 5) is 15.9. The van der Waals surface area contributed by atoms with E-state index in [0.717, 1.165) is 16.7 Å². The molecule has 1 aliphatic rings. The third kappa shape index (κ3) is 3.52. The first kappa shape index (κ1) is 22.1. The number of ether oxygens (including phenoxy) is 1. The molecule has 4 rings (SSSR count). The normalized spacial score (nSPS) is 17.2. The number of rotatable bonds is 5. The van der Waals surface area contributed by atoms with E-state index in [1.54, 1.807) is 4.90 Å². The van der Waals surface area contributed by atoms with E-state index in [1.165, 1.54) is 0 Å². The smallest absolute Gasteiger partial charge is 0.247 e. The molecule has 0 aliphatic carbocycles. The number of para-hydroxylation sites is 1. The summed E-state index contributed by atoms with van der Waals surface area (Å²) in [6.45, 7) is 6.15. The minimum Gasteiger partial charge on any atom is -0.478 e. The third-order valence-corrected chi connectivity index (χ3v) is 6.14. The van der Waals surface area contributed by atoms with Crippen molar-refractivity contribution in [2.45, 2.75) is 31.6 Å². The molecule has 0 aromatic heterocycles. The number of hydrogen-bond acceptors (Lipinski definition) is 4. The van der Waals surface area contributed by atoms with Crippen molar-refractivity contribution in [3.63, 3.8) is 0 Å². The SMILES string of the molecule is CC(C)(C)c1ccc(OCC#N)c(C2(c3ccccc3)C(=O)N(CC#N)c3ccccc32)c1. The number of fused-ring (bicyclic) bond motifs is 1. The van der Waals surface area contributed by atoms with Crippen molar-refractivity contribution >= 4 is 11.6 Å². The van der Waals surface area contributed by atoms with E-state index in [0.29, 0.717) is 17.0 Å². The molecule has 0 fully saturated rings. The summed E-state index contributed by atoms with van der Waals surface area (Å²) >= 11 is 0. The average molecular weight is 436 g/mol. The second-order valence-electron chi connectivity index (χ2n) is 9.09. The highest BCUT2D eigenvalue weighted by molar-refractivity contribution is 6.13. The molecule has 164 valence electrons. The van der Waals surface area contributed by atoms with Crippen molar-refractivity contribution in [2.75, 3.05) is 18.1 Å². The Bertz CT molecular complexity index is 1280. The Balaban J connectivity index is 2.13. The van der Waals surface area contributed by atoms with E-state index in [1.807, 2.05) is 78.9 Å². The zero-order valence-electron chi connectivity index (χ0n) is 19.0. The number of amides is 1. The van der Waals surface area contributed by atoms with Crippen molar-refractivity contribution in [1.82, 2.24) is 0 Å². The van der Waals surface area contributed by atoms with Gasteiger partial charge in [-0.05, 0) is 34.7 Å². The summed E-state index contributed by atoms with van der Waals surface area (Å²) in [6, 6.07) is 27.2. The fourth-order valence-electron chi connectivity index (χ4n) is 4.59. The molecule has 0 radical (unpaired) electrons. The molecular formula is C28H25N3O2. The lowest BCUT2D eigenvalue weighted by Crippen LogP contribution is -2.42. The van der Waals surface area contributed by atoms with Crippen LogP contribution < -0.4 is 9.64 Å².